The average Bonchev–Trinajstić information content (AvgIpc) is 3.43. The maximum atomic E-state index is 13.2. The second kappa shape index (κ2) is 9.81. The fourth-order valence-electron chi connectivity index (χ4n) is 12.5. The topological polar surface area (TPSA) is 85.2 Å². The van der Waals surface area contributed by atoms with Crippen molar-refractivity contribution in [2.75, 3.05) is 20.3 Å². The summed E-state index contributed by atoms with van der Waals surface area (Å²) in [6, 6.07) is 8.27. The molecule has 2 heterocycles. The van der Waals surface area contributed by atoms with Crippen LogP contribution in [0.15, 0.2) is 59.7 Å². The van der Waals surface area contributed by atoms with Crippen molar-refractivity contribution in [1.82, 2.24) is 0 Å². The molecule has 2 saturated heterocycles. The molecule has 8 rings (SSSR count). The van der Waals surface area contributed by atoms with E-state index in [2.05, 4.69) is 51.1 Å². The number of methoxy groups -OCH3 is 1. The lowest BCUT2D eigenvalue weighted by Gasteiger charge is -2.67. The fourth-order valence-corrected chi connectivity index (χ4v) is 12.5. The number of esters is 1. The number of rotatable bonds is 5. The first-order valence-corrected chi connectivity index (χ1v) is 17.3. The molecule has 45 heavy (non-hydrogen) atoms. The number of allylic oxidation sites excluding steroid dienone is 3. The highest BCUT2D eigenvalue weighted by molar-refractivity contribution is 5.76. The van der Waals surface area contributed by atoms with Crippen molar-refractivity contribution in [1.29, 1.82) is 0 Å². The molecule has 6 nitrogen and oxygen atoms in total. The van der Waals surface area contributed by atoms with Gasteiger partial charge >= 0.3 is 5.97 Å². The molecule has 12 atom stereocenters. The van der Waals surface area contributed by atoms with E-state index in [4.69, 9.17) is 14.2 Å². The Morgan fingerprint density at radius 3 is 2.67 bits per heavy atom. The van der Waals surface area contributed by atoms with E-state index in [0.29, 0.717) is 18.9 Å². The van der Waals surface area contributed by atoms with Crippen molar-refractivity contribution in [3.05, 3.63) is 65.3 Å². The van der Waals surface area contributed by atoms with Crippen LogP contribution in [0.5, 0.6) is 5.75 Å². The molecule has 5 aliphatic carbocycles. The smallest absolute Gasteiger partial charge is 0.309 e. The Labute approximate surface area is 267 Å². The molecule has 5 fully saturated rings. The Kier molecular flexibility index (Phi) is 6.53. The van der Waals surface area contributed by atoms with Crippen LogP contribution in [0.1, 0.15) is 84.3 Å². The zero-order valence-corrected chi connectivity index (χ0v) is 27.6. The first-order chi connectivity index (χ1) is 21.5. The van der Waals surface area contributed by atoms with Gasteiger partial charge in [0.15, 0.2) is 0 Å². The van der Waals surface area contributed by atoms with Crippen LogP contribution < -0.4 is 4.74 Å². The van der Waals surface area contributed by atoms with Gasteiger partial charge < -0.3 is 24.4 Å². The zero-order chi connectivity index (χ0) is 31.6. The molecule has 2 N–H and O–H groups in total. The lowest BCUT2D eigenvalue weighted by Crippen LogP contribution is -2.64. The van der Waals surface area contributed by atoms with Crippen molar-refractivity contribution in [2.24, 2.45) is 50.7 Å². The third kappa shape index (κ3) is 3.76. The highest BCUT2D eigenvalue weighted by atomic mass is 16.6. The van der Waals surface area contributed by atoms with Gasteiger partial charge in [-0.15, -0.1) is 0 Å². The van der Waals surface area contributed by atoms with Crippen molar-refractivity contribution in [2.45, 2.75) is 91.0 Å². The van der Waals surface area contributed by atoms with Gasteiger partial charge in [0.2, 0.25) is 0 Å². The number of ether oxygens (including phenoxy) is 3. The Morgan fingerprint density at radius 2 is 1.93 bits per heavy atom. The quantitative estimate of drug-likeness (QED) is 0.283. The molecule has 0 unspecified atom stereocenters. The largest absolute Gasteiger partial charge is 0.497 e. The Balaban J connectivity index is 1.09. The van der Waals surface area contributed by atoms with Crippen molar-refractivity contribution < 1.29 is 29.2 Å². The van der Waals surface area contributed by atoms with Gasteiger partial charge in [-0.2, -0.15) is 0 Å². The lowest BCUT2D eigenvalue weighted by molar-refractivity contribution is -0.199. The first-order valence-electron chi connectivity index (χ1n) is 17.3. The second-order valence-electron chi connectivity index (χ2n) is 16.5. The van der Waals surface area contributed by atoms with Crippen LogP contribution in [0.4, 0.5) is 0 Å². The maximum absolute atomic E-state index is 13.2. The molecule has 6 heteroatoms. The number of hydrogen-bond donors (Lipinski definition) is 2. The monoisotopic (exact) mass is 614 g/mol. The summed E-state index contributed by atoms with van der Waals surface area (Å²) in [6.45, 7) is 9.83. The lowest BCUT2D eigenvalue weighted by atomic mass is 9.38. The Morgan fingerprint density at radius 1 is 1.16 bits per heavy atom. The molecule has 1 aromatic rings. The average molecular weight is 615 g/mol. The van der Waals surface area contributed by atoms with Crippen LogP contribution in [0, 0.1) is 50.7 Å². The fraction of sp³-hybridized carbons (Fsp3) is 0.667. The van der Waals surface area contributed by atoms with Gasteiger partial charge in [-0.1, -0.05) is 56.7 Å². The predicted octanol–water partition coefficient (Wildman–Crippen LogP) is 6.73. The summed E-state index contributed by atoms with van der Waals surface area (Å²) in [6.07, 6.45) is 15.4. The predicted molar refractivity (Wildman–Crippen MR) is 171 cm³/mol. The van der Waals surface area contributed by atoms with Crippen LogP contribution >= 0.6 is 0 Å². The summed E-state index contributed by atoms with van der Waals surface area (Å²) in [7, 11) is 1.70. The SMILES string of the molecule is COc1ccc([C@@H]2CC3=CC[C@]4(C)[C@H]5C=C[C@]67C[C@]6(CC[C@H]7[C@@H]6C[C@H](/C=C(/C)CO)OC6=O)[C@]5(C)[C@H](O)C[C@H]4[C@@]3(C)CO2)cc1. The number of benzene rings is 1. The van der Waals surface area contributed by atoms with E-state index >= 15 is 0 Å². The Bertz CT molecular complexity index is 1490. The molecule has 0 radical (unpaired) electrons. The number of carbonyl (C=O) groups is 1. The van der Waals surface area contributed by atoms with Gasteiger partial charge in [0.25, 0.3) is 0 Å². The van der Waals surface area contributed by atoms with Gasteiger partial charge in [-0.25, -0.2) is 0 Å². The highest BCUT2D eigenvalue weighted by Crippen LogP contribution is 2.89. The number of carbonyl (C=O) groups excluding carboxylic acids is 1. The minimum Gasteiger partial charge on any atom is -0.497 e. The maximum Gasteiger partial charge on any atom is 0.309 e. The highest BCUT2D eigenvalue weighted by Gasteiger charge is 2.84. The standard InChI is InChI=1S/C39H50O6/c1-23(20-40)16-27-18-28(34(42)45-27)29-11-15-39-21-38(29,39)14-12-31-35(2)13-10-25-17-30(24-6-8-26(43-5)9-7-24)44-22-36(25,3)32(35)19-33(41)37(31,39)4/h6-10,12,14,16,27-33,40-41H,11,13,15,17-22H2,1-5H3/b23-16-/t27-,28-,29-,30-,31+,32+,33+,35+,36-,37-,38+,39+/m0/s1. The molecule has 2 aliphatic heterocycles. The molecule has 1 aromatic carbocycles. The first kappa shape index (κ1) is 30.0. The number of hydrogen-bond acceptors (Lipinski definition) is 6. The Hall–Kier alpha value is -2.41. The second-order valence-corrected chi connectivity index (χ2v) is 16.5. The number of fused-ring (bicyclic) bond motifs is 5. The van der Waals surface area contributed by atoms with Crippen molar-refractivity contribution in [3.8, 4) is 5.75 Å². The van der Waals surface area contributed by atoms with Gasteiger partial charge in [0.1, 0.15) is 11.9 Å². The molecule has 0 aromatic heterocycles. The molecule has 3 saturated carbocycles. The molecule has 0 bridgehead atoms. The third-order valence-corrected chi connectivity index (χ3v) is 14.9. The third-order valence-electron chi connectivity index (χ3n) is 14.9. The van der Waals surface area contributed by atoms with Crippen molar-refractivity contribution in [3.63, 3.8) is 0 Å². The van der Waals surface area contributed by atoms with Gasteiger partial charge in [-0.05, 0) is 109 Å². The molecule has 0 spiro atoms. The normalized spacial score (nSPS) is 49.6. The number of aliphatic hydroxyl groups excluding tert-OH is 2. The summed E-state index contributed by atoms with van der Waals surface area (Å²) in [5.74, 6) is 1.50. The summed E-state index contributed by atoms with van der Waals surface area (Å²) < 4.78 is 17.9. The number of aliphatic hydroxyl groups is 2. The summed E-state index contributed by atoms with van der Waals surface area (Å²) >= 11 is 0. The van der Waals surface area contributed by atoms with E-state index in [1.807, 2.05) is 25.1 Å². The molecule has 0 amide bonds. The summed E-state index contributed by atoms with van der Waals surface area (Å²) in [5.41, 5.74) is 3.20. The van der Waals surface area contributed by atoms with E-state index < -0.39 is 6.10 Å². The van der Waals surface area contributed by atoms with Crippen LogP contribution in [-0.2, 0) is 14.3 Å². The molecular weight excluding hydrogens is 564 g/mol. The van der Waals surface area contributed by atoms with Crippen LogP contribution in [0.25, 0.3) is 0 Å². The van der Waals surface area contributed by atoms with Crippen LogP contribution in [-0.4, -0.2) is 48.7 Å². The van der Waals surface area contributed by atoms with Crippen LogP contribution in [0.3, 0.4) is 0 Å². The van der Waals surface area contributed by atoms with E-state index in [9.17, 15) is 15.0 Å². The van der Waals surface area contributed by atoms with Gasteiger partial charge in [-0.3, -0.25) is 4.79 Å². The minimum absolute atomic E-state index is 0.0135. The molecular formula is C39H50O6. The zero-order valence-electron chi connectivity index (χ0n) is 27.6. The molecule has 242 valence electrons. The summed E-state index contributed by atoms with van der Waals surface area (Å²) in [4.78, 5) is 13.2. The minimum atomic E-state index is -0.403. The molecule has 7 aliphatic rings. The van der Waals surface area contributed by atoms with Gasteiger partial charge in [0, 0.05) is 17.3 Å². The van der Waals surface area contributed by atoms with E-state index in [0.717, 1.165) is 49.8 Å². The van der Waals surface area contributed by atoms with E-state index in [-0.39, 0.29) is 69.6 Å². The van der Waals surface area contributed by atoms with Crippen LogP contribution in [0.2, 0.25) is 0 Å². The number of cyclic esters (lactones) is 1. The summed E-state index contributed by atoms with van der Waals surface area (Å²) in [5, 5.41) is 21.9. The van der Waals surface area contributed by atoms with Gasteiger partial charge in [0.05, 0.1) is 38.4 Å². The van der Waals surface area contributed by atoms with E-state index in [1.165, 1.54) is 11.1 Å². The van der Waals surface area contributed by atoms with Crippen molar-refractivity contribution >= 4 is 5.97 Å². The van der Waals surface area contributed by atoms with E-state index in [1.54, 1.807) is 7.11 Å².